The van der Waals surface area contributed by atoms with Crippen LogP contribution in [0.15, 0.2) is 23.3 Å². The van der Waals surface area contributed by atoms with E-state index in [9.17, 15) is 4.79 Å². The maximum Gasteiger partial charge on any atom is 0.204 e. The van der Waals surface area contributed by atoms with Crippen molar-refractivity contribution >= 4 is 5.69 Å². The zero-order valence-corrected chi connectivity index (χ0v) is 6.90. The summed E-state index contributed by atoms with van der Waals surface area (Å²) in [7, 11) is 0. The normalized spacial score (nSPS) is 12.8. The Balaban J connectivity index is 2.90. The lowest BCUT2D eigenvalue weighted by Crippen LogP contribution is -2.15. The van der Waals surface area contributed by atoms with Crippen molar-refractivity contribution < 1.29 is 5.11 Å². The summed E-state index contributed by atoms with van der Waals surface area (Å²) in [5.41, 5.74) is 5.40. The number of nitrogens with zero attached hydrogens (tertiary/aromatic N) is 1. The third kappa shape index (κ3) is 2.10. The van der Waals surface area contributed by atoms with E-state index in [1.807, 2.05) is 0 Å². The van der Waals surface area contributed by atoms with Gasteiger partial charge < -0.3 is 15.4 Å². The zero-order chi connectivity index (χ0) is 9.14. The first-order chi connectivity index (χ1) is 5.59. The van der Waals surface area contributed by atoms with Crippen LogP contribution in [0, 0.1) is 0 Å². The van der Waals surface area contributed by atoms with E-state index < -0.39 is 6.10 Å². The molecule has 0 saturated carbocycles. The molecule has 0 aromatic carbocycles. The van der Waals surface area contributed by atoms with Crippen LogP contribution in [-0.2, 0) is 6.54 Å². The smallest absolute Gasteiger partial charge is 0.204 e. The average molecular weight is 168 g/mol. The first-order valence-electron chi connectivity index (χ1n) is 3.73. The van der Waals surface area contributed by atoms with Gasteiger partial charge in [-0.25, -0.2) is 0 Å². The number of nitrogens with two attached hydrogens (primary N) is 1. The average Bonchev–Trinajstić information content (AvgIpc) is 1.96. The van der Waals surface area contributed by atoms with E-state index in [1.54, 1.807) is 17.7 Å². The first-order valence-corrected chi connectivity index (χ1v) is 3.73. The van der Waals surface area contributed by atoms with Crippen molar-refractivity contribution in [3.05, 3.63) is 28.7 Å². The minimum atomic E-state index is -0.438. The van der Waals surface area contributed by atoms with Crippen LogP contribution in [0.3, 0.4) is 0 Å². The van der Waals surface area contributed by atoms with E-state index in [2.05, 4.69) is 0 Å². The van der Waals surface area contributed by atoms with E-state index in [-0.39, 0.29) is 11.1 Å². The lowest BCUT2D eigenvalue weighted by molar-refractivity contribution is 0.173. The second-order valence-corrected chi connectivity index (χ2v) is 2.81. The summed E-state index contributed by atoms with van der Waals surface area (Å²) < 4.78 is 1.68. The van der Waals surface area contributed by atoms with Gasteiger partial charge in [-0.15, -0.1) is 0 Å². The number of nitrogen functional groups attached to an aromatic ring is 1. The molecule has 1 aromatic rings. The Morgan fingerprint density at radius 1 is 1.75 bits per heavy atom. The van der Waals surface area contributed by atoms with Crippen molar-refractivity contribution in [1.82, 2.24) is 4.57 Å². The third-order valence-electron chi connectivity index (χ3n) is 1.48. The molecular weight excluding hydrogens is 156 g/mol. The number of anilines is 1. The minimum Gasteiger partial charge on any atom is -0.394 e. The van der Waals surface area contributed by atoms with Crippen LogP contribution >= 0.6 is 0 Å². The van der Waals surface area contributed by atoms with E-state index in [4.69, 9.17) is 10.8 Å². The summed E-state index contributed by atoms with van der Waals surface area (Å²) >= 11 is 0. The zero-order valence-electron chi connectivity index (χ0n) is 6.90. The van der Waals surface area contributed by atoms with Crippen molar-refractivity contribution in [2.45, 2.75) is 19.6 Å². The summed E-state index contributed by atoms with van der Waals surface area (Å²) in [5, 5.41) is 9.03. The Morgan fingerprint density at radius 2 is 2.42 bits per heavy atom. The van der Waals surface area contributed by atoms with Gasteiger partial charge in [0.2, 0.25) is 5.43 Å². The highest BCUT2D eigenvalue weighted by Crippen LogP contribution is 1.95. The number of aromatic nitrogens is 1. The van der Waals surface area contributed by atoms with Gasteiger partial charge in [0, 0.05) is 25.0 Å². The topological polar surface area (TPSA) is 68.2 Å². The molecule has 1 rings (SSSR count). The van der Waals surface area contributed by atoms with Gasteiger partial charge in [-0.3, -0.25) is 4.79 Å². The molecule has 1 atom stereocenters. The summed E-state index contributed by atoms with van der Waals surface area (Å²) in [4.78, 5) is 10.9. The Kier molecular flexibility index (Phi) is 2.50. The molecule has 0 saturated heterocycles. The molecule has 0 amide bonds. The predicted octanol–water partition coefficient (Wildman–Crippen LogP) is -0.189. The summed E-state index contributed by atoms with van der Waals surface area (Å²) in [5.74, 6) is 0. The van der Waals surface area contributed by atoms with Crippen LogP contribution in [0.2, 0.25) is 0 Å². The molecule has 0 bridgehead atoms. The van der Waals surface area contributed by atoms with Gasteiger partial charge in [-0.1, -0.05) is 0 Å². The monoisotopic (exact) mass is 168 g/mol. The first kappa shape index (κ1) is 8.80. The fraction of sp³-hybridized carbons (Fsp3) is 0.375. The van der Waals surface area contributed by atoms with Gasteiger partial charge in [0.25, 0.3) is 0 Å². The molecule has 3 N–H and O–H groups in total. The number of aliphatic hydroxyl groups excluding tert-OH is 1. The number of rotatable bonds is 2. The van der Waals surface area contributed by atoms with Crippen molar-refractivity contribution in [3.8, 4) is 0 Å². The molecule has 1 unspecified atom stereocenters. The lowest BCUT2D eigenvalue weighted by Gasteiger charge is -2.08. The number of aliphatic hydroxyl groups is 1. The van der Waals surface area contributed by atoms with Gasteiger partial charge in [0.15, 0.2) is 0 Å². The number of hydrogen-bond acceptors (Lipinski definition) is 3. The Bertz CT molecular complexity index is 317. The summed E-state index contributed by atoms with van der Waals surface area (Å²) in [6, 6.07) is 1.39. The van der Waals surface area contributed by atoms with Gasteiger partial charge >= 0.3 is 0 Å². The van der Waals surface area contributed by atoms with E-state index in [1.165, 1.54) is 12.3 Å². The molecular formula is C8H12N2O2. The van der Waals surface area contributed by atoms with Crippen molar-refractivity contribution in [1.29, 1.82) is 0 Å². The quantitative estimate of drug-likeness (QED) is 0.643. The van der Waals surface area contributed by atoms with Gasteiger partial charge in [0.1, 0.15) is 0 Å². The molecule has 0 fully saturated rings. The molecule has 1 aromatic heterocycles. The van der Waals surface area contributed by atoms with Crippen LogP contribution in [0.4, 0.5) is 5.69 Å². The molecule has 0 spiro atoms. The Morgan fingerprint density at radius 3 is 2.92 bits per heavy atom. The van der Waals surface area contributed by atoms with Crippen LogP contribution in [0.5, 0.6) is 0 Å². The second-order valence-electron chi connectivity index (χ2n) is 2.81. The largest absolute Gasteiger partial charge is 0.394 e. The lowest BCUT2D eigenvalue weighted by atomic mass is 10.3. The third-order valence-corrected chi connectivity index (χ3v) is 1.48. The fourth-order valence-electron chi connectivity index (χ4n) is 0.964. The van der Waals surface area contributed by atoms with Crippen molar-refractivity contribution in [2.24, 2.45) is 0 Å². The molecule has 0 aliphatic carbocycles. The highest BCUT2D eigenvalue weighted by molar-refractivity contribution is 5.33. The Hall–Kier alpha value is -1.29. The molecule has 12 heavy (non-hydrogen) atoms. The van der Waals surface area contributed by atoms with Crippen LogP contribution in [-0.4, -0.2) is 15.8 Å². The highest BCUT2D eigenvalue weighted by Gasteiger charge is 1.98. The predicted molar refractivity (Wildman–Crippen MR) is 46.8 cm³/mol. The van der Waals surface area contributed by atoms with E-state index in [0.717, 1.165) is 0 Å². The highest BCUT2D eigenvalue weighted by atomic mass is 16.3. The molecule has 66 valence electrons. The van der Waals surface area contributed by atoms with E-state index in [0.29, 0.717) is 6.54 Å². The summed E-state index contributed by atoms with van der Waals surface area (Å²) in [6.07, 6.45) is 2.69. The minimum absolute atomic E-state index is 0.183. The second kappa shape index (κ2) is 3.40. The van der Waals surface area contributed by atoms with Crippen LogP contribution in [0.1, 0.15) is 6.92 Å². The molecule has 0 aliphatic heterocycles. The number of hydrogen-bond donors (Lipinski definition) is 2. The summed E-state index contributed by atoms with van der Waals surface area (Å²) in [6.45, 7) is 2.12. The molecule has 4 heteroatoms. The fourth-order valence-corrected chi connectivity index (χ4v) is 0.964. The molecule has 0 radical (unpaired) electrons. The number of pyridine rings is 1. The molecule has 1 heterocycles. The van der Waals surface area contributed by atoms with Crippen molar-refractivity contribution in [2.75, 3.05) is 5.73 Å². The van der Waals surface area contributed by atoms with Crippen molar-refractivity contribution in [3.63, 3.8) is 0 Å². The van der Waals surface area contributed by atoms with Crippen LogP contribution in [0.25, 0.3) is 0 Å². The SMILES string of the molecule is CC(O)Cn1ccc(=O)c(N)c1. The van der Waals surface area contributed by atoms with E-state index >= 15 is 0 Å². The van der Waals surface area contributed by atoms with Gasteiger partial charge in [0.05, 0.1) is 11.8 Å². The standard InChI is InChI=1S/C8H12N2O2/c1-6(11)4-10-3-2-8(12)7(9)5-10/h2-3,5-6,11H,4,9H2,1H3. The maximum atomic E-state index is 10.9. The Labute approximate surface area is 70.3 Å². The van der Waals surface area contributed by atoms with Crippen LogP contribution < -0.4 is 11.2 Å². The maximum absolute atomic E-state index is 10.9. The van der Waals surface area contributed by atoms with Gasteiger partial charge in [-0.2, -0.15) is 0 Å². The van der Waals surface area contributed by atoms with Gasteiger partial charge in [-0.05, 0) is 6.92 Å². The molecule has 0 aliphatic rings. The molecule has 4 nitrogen and oxygen atoms in total.